The van der Waals surface area contributed by atoms with E-state index in [4.69, 9.17) is 16.3 Å². The number of ether oxygens (including phenoxy) is 1. The molecular weight excluding hydrogens is 580 g/mol. The number of halogens is 1. The van der Waals surface area contributed by atoms with Gasteiger partial charge in [-0.2, -0.15) is 4.98 Å². The lowest BCUT2D eigenvalue weighted by molar-refractivity contribution is -0.117. The van der Waals surface area contributed by atoms with E-state index in [1.807, 2.05) is 18.7 Å². The molecular formula is C29H35ClN6O5S. The lowest BCUT2D eigenvalue weighted by atomic mass is 10.0. The van der Waals surface area contributed by atoms with Gasteiger partial charge in [0.15, 0.2) is 11.6 Å². The first-order valence-corrected chi connectivity index (χ1v) is 15.7. The molecule has 0 saturated carbocycles. The highest BCUT2D eigenvalue weighted by atomic mass is 35.5. The van der Waals surface area contributed by atoms with E-state index in [0.29, 0.717) is 42.9 Å². The Morgan fingerprint density at radius 2 is 1.69 bits per heavy atom. The molecule has 0 bridgehead atoms. The van der Waals surface area contributed by atoms with E-state index in [1.54, 1.807) is 29.2 Å². The molecule has 1 atom stereocenters. The van der Waals surface area contributed by atoms with E-state index in [1.165, 1.54) is 37.4 Å². The van der Waals surface area contributed by atoms with Gasteiger partial charge in [0.1, 0.15) is 11.4 Å². The van der Waals surface area contributed by atoms with Crippen molar-refractivity contribution in [3.63, 3.8) is 0 Å². The average Bonchev–Trinajstić information content (AvgIpc) is 3.51. The Morgan fingerprint density at radius 1 is 1.05 bits per heavy atom. The molecule has 2 aromatic carbocycles. The zero-order valence-electron chi connectivity index (χ0n) is 23.8. The molecule has 11 nitrogen and oxygen atoms in total. The highest BCUT2D eigenvalue weighted by Crippen LogP contribution is 2.27. The summed E-state index contributed by atoms with van der Waals surface area (Å²) >= 11 is 5.93. The first-order chi connectivity index (χ1) is 20.1. The Labute approximate surface area is 251 Å². The Balaban J connectivity index is 1.56. The van der Waals surface area contributed by atoms with Crippen molar-refractivity contribution in [2.24, 2.45) is 0 Å². The smallest absolute Gasteiger partial charge is 0.410 e. The minimum absolute atomic E-state index is 0.0132. The van der Waals surface area contributed by atoms with Crippen molar-refractivity contribution in [1.82, 2.24) is 14.9 Å². The minimum atomic E-state index is -4.00. The number of carbonyl (C=O) groups excluding carboxylic acids is 2. The molecule has 0 aliphatic carbocycles. The summed E-state index contributed by atoms with van der Waals surface area (Å²) in [5.41, 5.74) is 0.904. The fourth-order valence-electron chi connectivity index (χ4n) is 4.49. The monoisotopic (exact) mass is 614 g/mol. The Hall–Kier alpha value is -3.90. The van der Waals surface area contributed by atoms with Crippen LogP contribution in [-0.2, 0) is 21.2 Å². The van der Waals surface area contributed by atoms with Crippen molar-refractivity contribution in [3.8, 4) is 5.75 Å². The summed E-state index contributed by atoms with van der Waals surface area (Å²) in [6.45, 7) is 8.03. The molecule has 4 rings (SSSR count). The van der Waals surface area contributed by atoms with Gasteiger partial charge in [0, 0.05) is 31.2 Å². The second kappa shape index (κ2) is 13.8. The lowest BCUT2D eigenvalue weighted by Gasteiger charge is -2.23. The molecule has 1 aliphatic heterocycles. The number of benzene rings is 2. The summed E-state index contributed by atoms with van der Waals surface area (Å²) in [7, 11) is -4.00. The number of carbonyl (C=O) groups is 2. The number of anilines is 3. The molecule has 1 unspecified atom stereocenters. The zero-order valence-corrected chi connectivity index (χ0v) is 25.4. The summed E-state index contributed by atoms with van der Waals surface area (Å²) < 4.78 is 34.3. The van der Waals surface area contributed by atoms with Crippen molar-refractivity contribution in [2.45, 2.75) is 51.0 Å². The minimum Gasteiger partial charge on any atom is -0.410 e. The van der Waals surface area contributed by atoms with Crippen LogP contribution >= 0.6 is 11.6 Å². The number of aromatic nitrogens is 2. The van der Waals surface area contributed by atoms with E-state index >= 15 is 0 Å². The van der Waals surface area contributed by atoms with Crippen LogP contribution in [0, 0.1) is 0 Å². The van der Waals surface area contributed by atoms with Gasteiger partial charge in [0.2, 0.25) is 5.95 Å². The summed E-state index contributed by atoms with van der Waals surface area (Å²) in [6.07, 6.45) is 3.24. The summed E-state index contributed by atoms with van der Waals surface area (Å²) in [5.74, 6) is 0.805. The van der Waals surface area contributed by atoms with Crippen LogP contribution < -0.4 is 19.7 Å². The number of hydrogen-bond acceptors (Lipinski definition) is 9. The van der Waals surface area contributed by atoms with E-state index < -0.39 is 16.1 Å². The van der Waals surface area contributed by atoms with Gasteiger partial charge < -0.3 is 19.9 Å². The normalized spacial score (nSPS) is 13.9. The topological polar surface area (TPSA) is 134 Å². The standard InChI is InChI=1S/C29H35ClN6O5S/c1-4-35(5-2)28-31-19-26(34-42(39,40)24-14-10-22(30)11-15-24)27(33-28)32-25(20(3)37)18-21-8-12-23(13-9-21)41-29(38)36-16-6-7-17-36/h8-15,19,25,34H,4-7,16-18H2,1-3H3,(H,31,32,33). The van der Waals surface area contributed by atoms with Crippen molar-refractivity contribution in [1.29, 1.82) is 0 Å². The average molecular weight is 615 g/mol. The molecule has 1 aromatic heterocycles. The molecule has 224 valence electrons. The first-order valence-electron chi connectivity index (χ1n) is 13.8. The largest absolute Gasteiger partial charge is 0.415 e. The first kappa shape index (κ1) is 31.0. The number of amides is 1. The van der Waals surface area contributed by atoms with Crippen LogP contribution in [0.1, 0.15) is 39.2 Å². The fraction of sp³-hybridized carbons (Fsp3) is 0.379. The van der Waals surface area contributed by atoms with Crippen LogP contribution in [0.3, 0.4) is 0 Å². The van der Waals surface area contributed by atoms with E-state index in [0.717, 1.165) is 18.4 Å². The van der Waals surface area contributed by atoms with Gasteiger partial charge in [-0.1, -0.05) is 23.7 Å². The summed E-state index contributed by atoms with van der Waals surface area (Å²) in [5, 5.41) is 3.55. The molecule has 1 amide bonds. The summed E-state index contributed by atoms with van der Waals surface area (Å²) in [6, 6.07) is 12.0. The third-order valence-electron chi connectivity index (χ3n) is 6.92. The van der Waals surface area contributed by atoms with Crippen molar-refractivity contribution >= 4 is 51.0 Å². The van der Waals surface area contributed by atoms with Crippen LogP contribution in [0.5, 0.6) is 5.75 Å². The maximum absolute atomic E-state index is 13.1. The van der Waals surface area contributed by atoms with Crippen molar-refractivity contribution < 1.29 is 22.7 Å². The number of ketones is 1. The number of rotatable bonds is 12. The van der Waals surface area contributed by atoms with Crippen LogP contribution in [0.4, 0.5) is 22.2 Å². The van der Waals surface area contributed by atoms with Crippen LogP contribution in [-0.4, -0.2) is 67.4 Å². The van der Waals surface area contributed by atoms with Gasteiger partial charge >= 0.3 is 6.09 Å². The Bertz CT molecular complexity index is 1490. The lowest BCUT2D eigenvalue weighted by Crippen LogP contribution is -2.32. The number of hydrogen-bond donors (Lipinski definition) is 2. The highest BCUT2D eigenvalue weighted by Gasteiger charge is 2.23. The maximum atomic E-state index is 13.1. The van der Waals surface area contributed by atoms with E-state index in [2.05, 4.69) is 20.0 Å². The van der Waals surface area contributed by atoms with Crippen LogP contribution in [0.15, 0.2) is 59.6 Å². The number of nitrogens with one attached hydrogen (secondary N) is 2. The number of sulfonamides is 1. The Morgan fingerprint density at radius 3 is 2.29 bits per heavy atom. The second-order valence-electron chi connectivity index (χ2n) is 9.88. The third-order valence-corrected chi connectivity index (χ3v) is 8.56. The van der Waals surface area contributed by atoms with Crippen LogP contribution in [0.2, 0.25) is 5.02 Å². The number of likely N-dealkylation sites (tertiary alicyclic amines) is 1. The fourth-order valence-corrected chi connectivity index (χ4v) is 5.67. The van der Waals surface area contributed by atoms with Crippen LogP contribution in [0.25, 0.3) is 0 Å². The molecule has 0 spiro atoms. The van der Waals surface area contributed by atoms with Gasteiger partial charge in [-0.15, -0.1) is 0 Å². The third kappa shape index (κ3) is 7.89. The van der Waals surface area contributed by atoms with Crippen molar-refractivity contribution in [2.75, 3.05) is 41.1 Å². The Kier molecular flexibility index (Phi) is 10.2. The number of nitrogens with zero attached hydrogens (tertiary/aromatic N) is 4. The van der Waals surface area contributed by atoms with Gasteiger partial charge in [0.05, 0.1) is 17.1 Å². The summed E-state index contributed by atoms with van der Waals surface area (Å²) in [4.78, 5) is 37.6. The second-order valence-corrected chi connectivity index (χ2v) is 12.0. The van der Waals surface area contributed by atoms with E-state index in [9.17, 15) is 18.0 Å². The predicted octanol–water partition coefficient (Wildman–Crippen LogP) is 4.98. The molecule has 1 fully saturated rings. The number of Topliss-reactive ketones (excluding diaryl/α,β-unsaturated/α-hetero) is 1. The molecule has 2 N–H and O–H groups in total. The molecule has 1 saturated heterocycles. The van der Waals surface area contributed by atoms with Gasteiger partial charge in [-0.3, -0.25) is 9.52 Å². The highest BCUT2D eigenvalue weighted by molar-refractivity contribution is 7.92. The SMILES string of the molecule is CCN(CC)c1ncc(NS(=O)(=O)c2ccc(Cl)cc2)c(NC(Cc2ccc(OC(=O)N3CCCC3)cc2)C(C)=O)n1. The predicted molar refractivity (Wildman–Crippen MR) is 163 cm³/mol. The van der Waals surface area contributed by atoms with Gasteiger partial charge in [0.25, 0.3) is 10.0 Å². The van der Waals surface area contributed by atoms with Crippen molar-refractivity contribution in [3.05, 3.63) is 65.3 Å². The molecule has 42 heavy (non-hydrogen) atoms. The molecule has 13 heteroatoms. The maximum Gasteiger partial charge on any atom is 0.415 e. The quantitative estimate of drug-likeness (QED) is 0.289. The van der Waals surface area contributed by atoms with Gasteiger partial charge in [-0.25, -0.2) is 18.2 Å². The van der Waals surface area contributed by atoms with E-state index in [-0.39, 0.29) is 34.7 Å². The molecule has 3 aromatic rings. The molecule has 1 aliphatic rings. The molecule has 2 heterocycles. The zero-order chi connectivity index (χ0) is 30.3. The van der Waals surface area contributed by atoms with Gasteiger partial charge in [-0.05, 0) is 82.0 Å². The molecule has 0 radical (unpaired) electrons.